The highest BCUT2D eigenvalue weighted by molar-refractivity contribution is 7.31. The van der Waals surface area contributed by atoms with E-state index in [1.807, 2.05) is 22.7 Å². The SMILES string of the molecule is Cc1ccc(-c2c3nc(c(-c4ccc(C)cc4)c4ccc(s4)c(-c4ccc(C#Cc5ccc(-c6c7nc(c(-c8ccc(C)cc8)c8ccc(s8)c8ccc(s8)c(-c8ccc(C)cc8)c8nc(c(-c9ccc(C)cc9)c9ccc6s9)C=C8)C=C7)cc5)cc4)c4nc(c(-c5ccc(C)cc5)c5ccc2[nH]5)C=C4)C=C3)cc1. The number of aromatic amines is 1. The van der Waals surface area contributed by atoms with Crippen LogP contribution in [0.2, 0.25) is 0 Å². The number of aromatic nitrogens is 5. The number of rotatable bonds is 8. The van der Waals surface area contributed by atoms with Crippen molar-refractivity contribution in [1.29, 1.82) is 0 Å². The molecule has 7 aromatic heterocycles. The van der Waals surface area contributed by atoms with Crippen molar-refractivity contribution in [2.24, 2.45) is 0 Å². The summed E-state index contributed by atoms with van der Waals surface area (Å²) < 4.78 is 9.18. The largest absolute Gasteiger partial charge is 0.354 e. The van der Waals surface area contributed by atoms with E-state index < -0.39 is 0 Å². The van der Waals surface area contributed by atoms with Crippen LogP contribution in [0.15, 0.2) is 255 Å². The number of H-pyrrole nitrogens is 1. The molecular formula is C100H69N5S4. The molecule has 0 unspecified atom stereocenters. The van der Waals surface area contributed by atoms with Crippen molar-refractivity contribution in [3.8, 4) is 101 Å². The predicted molar refractivity (Wildman–Crippen MR) is 470 cm³/mol. The zero-order chi connectivity index (χ0) is 73.4. The van der Waals surface area contributed by atoms with E-state index in [1.54, 1.807) is 22.7 Å². The Balaban J connectivity index is 0.752. The maximum absolute atomic E-state index is 5.68. The number of benzene rings is 8. The Morgan fingerprint density at radius 2 is 0.367 bits per heavy atom. The normalized spacial score (nSPS) is 12.1. The summed E-state index contributed by atoms with van der Waals surface area (Å²) in [5.74, 6) is 7.14. The Bertz CT molecular complexity index is 6780. The summed E-state index contributed by atoms with van der Waals surface area (Å²) >= 11 is 7.19. The molecule has 0 aliphatic carbocycles. The Morgan fingerprint density at radius 1 is 0.193 bits per heavy atom. The minimum Gasteiger partial charge on any atom is -0.354 e. The molecule has 8 aromatic carbocycles. The highest BCUT2D eigenvalue weighted by Crippen LogP contribution is 2.46. The highest BCUT2D eigenvalue weighted by atomic mass is 32.1. The standard InChI is InChI=1S/C100H69N5S4/c1-59-7-25-67(26-8-59)93-75-41-42-76(101-75)94(68-27-9-60(2)10-28-68)78-44-46-80(103-78)99(91-57-55-89(108-91)97(79-45-43-77(93)102-79)71-33-15-63(5)16-34-71)73-37-21-65(22-38-73)19-20-66-23-39-74(40-24-66)100-84-50-48-82(105-84)96(70-31-13-62(4)14-32-70)88-54-52-86(107-88)85-51-53-87(106-85)95(69-29-11-61(3)12-30-69)81-47-49-83(104-81)98(90-56-58-92(100)109-90)72-35-17-64(6)18-36-72/h7-18,21-58,101H,1-6H3. The van der Waals surface area contributed by atoms with E-state index in [0.717, 1.165) is 180 Å². The maximum atomic E-state index is 5.68. The molecule has 1 N–H and O–H groups in total. The van der Waals surface area contributed by atoms with Crippen LogP contribution in [0.5, 0.6) is 0 Å². The monoisotopic (exact) mass is 1470 g/mol. The fourth-order valence-electron chi connectivity index (χ4n) is 15.0. The van der Waals surface area contributed by atoms with Gasteiger partial charge in [-0.2, -0.15) is 0 Å². The van der Waals surface area contributed by atoms with Crippen LogP contribution in [-0.4, -0.2) is 24.9 Å². The average molecular weight is 1470 g/mol. The van der Waals surface area contributed by atoms with Gasteiger partial charge in [-0.15, -0.1) is 45.3 Å². The number of aryl methyl sites for hydroxylation is 6. The molecule has 11 heterocycles. The predicted octanol–water partition coefficient (Wildman–Crippen LogP) is 28.2. The van der Waals surface area contributed by atoms with Gasteiger partial charge < -0.3 is 4.98 Å². The van der Waals surface area contributed by atoms with Gasteiger partial charge in [-0.25, -0.2) is 19.9 Å². The average Bonchev–Trinajstić information content (AvgIpc) is 1.61. The number of nitrogens with one attached hydrogen (secondary N) is 1. The zero-order valence-electron chi connectivity index (χ0n) is 60.8. The fraction of sp³-hybridized carbons (Fsp3) is 0.0600. The molecule has 0 atom stereocenters. The first-order valence-corrected chi connectivity index (χ1v) is 40.0. The molecule has 109 heavy (non-hydrogen) atoms. The molecule has 0 fully saturated rings. The lowest BCUT2D eigenvalue weighted by Gasteiger charge is -2.07. The van der Waals surface area contributed by atoms with Crippen molar-refractivity contribution < 1.29 is 0 Å². The Kier molecular flexibility index (Phi) is 17.2. The van der Waals surface area contributed by atoms with Crippen LogP contribution in [0.4, 0.5) is 0 Å². The van der Waals surface area contributed by atoms with Gasteiger partial charge in [0, 0.05) is 104 Å². The van der Waals surface area contributed by atoms with E-state index in [4.69, 9.17) is 19.9 Å². The van der Waals surface area contributed by atoms with E-state index in [2.05, 4.69) is 362 Å². The summed E-state index contributed by atoms with van der Waals surface area (Å²) in [7, 11) is 0. The van der Waals surface area contributed by atoms with Crippen molar-refractivity contribution in [2.45, 2.75) is 41.5 Å². The number of hydrogen-bond acceptors (Lipinski definition) is 8. The van der Waals surface area contributed by atoms with Crippen LogP contribution < -0.4 is 0 Å². The lowest BCUT2D eigenvalue weighted by atomic mass is 10.0. The molecule has 15 aromatic rings. The third kappa shape index (κ3) is 13.0. The Hall–Kier alpha value is -12.5. The molecule has 0 amide bonds. The molecule has 0 spiro atoms. The van der Waals surface area contributed by atoms with Gasteiger partial charge in [0.2, 0.25) is 0 Å². The van der Waals surface area contributed by atoms with Crippen LogP contribution in [-0.2, 0) is 0 Å². The first-order chi connectivity index (χ1) is 53.4. The van der Waals surface area contributed by atoms with Gasteiger partial charge in [-0.1, -0.05) is 215 Å². The van der Waals surface area contributed by atoms with Crippen molar-refractivity contribution in [3.05, 3.63) is 345 Å². The molecular weight excluding hydrogens is 1400 g/mol. The number of nitrogens with zero attached hydrogens (tertiary/aromatic N) is 4. The Labute approximate surface area is 649 Å². The summed E-state index contributed by atoms with van der Waals surface area (Å²) in [5, 5.41) is 0. The quantitative estimate of drug-likeness (QED) is 0.154. The lowest BCUT2D eigenvalue weighted by molar-refractivity contribution is 1.32. The summed E-state index contributed by atoms with van der Waals surface area (Å²) in [4.78, 5) is 26.4. The van der Waals surface area contributed by atoms with E-state index in [9.17, 15) is 0 Å². The molecule has 0 saturated carbocycles. The molecule has 9 heteroatoms. The molecule has 19 rings (SSSR count). The van der Waals surface area contributed by atoms with Gasteiger partial charge >= 0.3 is 0 Å². The van der Waals surface area contributed by atoms with Crippen LogP contribution in [0.3, 0.4) is 0 Å². The van der Waals surface area contributed by atoms with Crippen molar-refractivity contribution in [3.63, 3.8) is 0 Å². The third-order valence-electron chi connectivity index (χ3n) is 20.7. The van der Waals surface area contributed by atoms with Crippen LogP contribution in [0.25, 0.3) is 186 Å². The molecule has 5 nitrogen and oxygen atoms in total. The summed E-state index contributed by atoms with van der Waals surface area (Å²) in [5.41, 5.74) is 35.5. The number of fused-ring (bicyclic) bond motifs is 19. The molecule has 4 aliphatic rings. The van der Waals surface area contributed by atoms with Gasteiger partial charge in [0.15, 0.2) is 0 Å². The topological polar surface area (TPSA) is 67.3 Å². The smallest absolute Gasteiger partial charge is 0.0737 e. The van der Waals surface area contributed by atoms with Gasteiger partial charge in [0.1, 0.15) is 0 Å². The summed E-state index contributed by atoms with van der Waals surface area (Å²) in [6.45, 7) is 12.8. The number of hydrogen-bond donors (Lipinski definition) is 1. The van der Waals surface area contributed by atoms with Gasteiger partial charge in [-0.05, 0) is 220 Å². The molecule has 0 radical (unpaired) electrons. The van der Waals surface area contributed by atoms with Crippen molar-refractivity contribution in [2.75, 3.05) is 0 Å². The van der Waals surface area contributed by atoms with E-state index >= 15 is 0 Å². The fourth-order valence-corrected chi connectivity index (χ4v) is 19.5. The molecule has 18 bridgehead atoms. The van der Waals surface area contributed by atoms with Crippen LogP contribution >= 0.6 is 45.3 Å². The zero-order valence-corrected chi connectivity index (χ0v) is 64.1. The second kappa shape index (κ2) is 28.0. The van der Waals surface area contributed by atoms with Gasteiger partial charge in [0.25, 0.3) is 0 Å². The minimum absolute atomic E-state index is 0.879. The molecule has 0 saturated heterocycles. The first kappa shape index (κ1) is 67.1. The van der Waals surface area contributed by atoms with E-state index in [1.165, 1.54) is 47.5 Å². The van der Waals surface area contributed by atoms with Gasteiger partial charge in [0.05, 0.1) is 45.6 Å². The lowest BCUT2D eigenvalue weighted by Crippen LogP contribution is -1.89. The van der Waals surface area contributed by atoms with Gasteiger partial charge in [-0.3, -0.25) is 0 Å². The summed E-state index contributed by atoms with van der Waals surface area (Å²) in [6, 6.07) is 93.0. The van der Waals surface area contributed by atoms with E-state index in [0.29, 0.717) is 0 Å². The highest BCUT2D eigenvalue weighted by Gasteiger charge is 2.23. The second-order valence-electron chi connectivity index (χ2n) is 28.4. The van der Waals surface area contributed by atoms with Crippen molar-refractivity contribution >= 4 is 143 Å². The summed E-state index contributed by atoms with van der Waals surface area (Å²) in [6.07, 6.45) is 17.6. The molecule has 518 valence electrons. The Morgan fingerprint density at radius 3 is 0.587 bits per heavy atom. The minimum atomic E-state index is 0.879. The third-order valence-corrected chi connectivity index (χ3v) is 25.4. The van der Waals surface area contributed by atoms with Crippen molar-refractivity contribution in [1.82, 2.24) is 24.9 Å². The maximum Gasteiger partial charge on any atom is 0.0737 e. The number of thiophene rings is 4. The molecule has 4 aliphatic heterocycles. The second-order valence-corrected chi connectivity index (χ2v) is 32.7. The van der Waals surface area contributed by atoms with Crippen LogP contribution in [0, 0.1) is 53.4 Å². The first-order valence-electron chi connectivity index (χ1n) is 36.7. The van der Waals surface area contributed by atoms with E-state index in [-0.39, 0.29) is 0 Å². The van der Waals surface area contributed by atoms with Crippen LogP contribution in [0.1, 0.15) is 90.1 Å².